The molecule has 16 heavy (non-hydrogen) atoms. The first kappa shape index (κ1) is 10.3. The lowest BCUT2D eigenvalue weighted by molar-refractivity contribution is 0.431. The molecule has 0 spiro atoms. The first-order valence-corrected chi connectivity index (χ1v) is 6.77. The molecule has 1 heterocycles. The highest BCUT2D eigenvalue weighted by molar-refractivity contribution is 9.10. The number of nitrogens with zero attached hydrogens (tertiary/aromatic N) is 1. The minimum absolute atomic E-state index is 0.653. The fourth-order valence-corrected chi connectivity index (χ4v) is 2.93. The number of benzene rings is 1. The molecule has 0 bridgehead atoms. The quantitative estimate of drug-likeness (QED) is 0.824. The highest BCUT2D eigenvalue weighted by Crippen LogP contribution is 2.32. The summed E-state index contributed by atoms with van der Waals surface area (Å²) in [5.74, 6) is 1.84. The van der Waals surface area contributed by atoms with Crippen molar-refractivity contribution in [2.45, 2.75) is 38.0 Å². The first-order valence-electron chi connectivity index (χ1n) is 5.98. The van der Waals surface area contributed by atoms with Crippen LogP contribution in [0.15, 0.2) is 22.7 Å². The van der Waals surface area contributed by atoms with Gasteiger partial charge in [-0.15, -0.1) is 0 Å². The fourth-order valence-electron chi connectivity index (χ4n) is 2.57. The molecule has 1 aliphatic rings. The molecule has 0 atom stereocenters. The summed E-state index contributed by atoms with van der Waals surface area (Å²) in [7, 11) is 0. The number of fused-ring (bicyclic) bond motifs is 1. The summed E-state index contributed by atoms with van der Waals surface area (Å²) in [5, 5.41) is 0. The van der Waals surface area contributed by atoms with Crippen LogP contribution in [-0.4, -0.2) is 9.97 Å². The lowest BCUT2D eigenvalue weighted by Crippen LogP contribution is -2.05. The second kappa shape index (κ2) is 4.21. The van der Waals surface area contributed by atoms with Crippen LogP contribution >= 0.6 is 15.9 Å². The molecule has 1 fully saturated rings. The lowest BCUT2D eigenvalue weighted by atomic mass is 9.89. The van der Waals surface area contributed by atoms with Gasteiger partial charge in [0.25, 0.3) is 0 Å². The van der Waals surface area contributed by atoms with Gasteiger partial charge in [-0.1, -0.05) is 35.2 Å². The Balaban J connectivity index is 1.97. The van der Waals surface area contributed by atoms with E-state index in [0.717, 1.165) is 15.5 Å². The third-order valence-corrected chi connectivity index (χ3v) is 3.95. The second-order valence-corrected chi connectivity index (χ2v) is 5.53. The van der Waals surface area contributed by atoms with E-state index in [-0.39, 0.29) is 0 Å². The Kier molecular flexibility index (Phi) is 2.72. The second-order valence-electron chi connectivity index (χ2n) is 4.62. The third kappa shape index (κ3) is 1.88. The molecule has 0 radical (unpaired) electrons. The van der Waals surface area contributed by atoms with Crippen molar-refractivity contribution >= 4 is 27.0 Å². The van der Waals surface area contributed by atoms with Crippen molar-refractivity contribution in [3.8, 4) is 0 Å². The largest absolute Gasteiger partial charge is 0.342 e. The van der Waals surface area contributed by atoms with E-state index in [0.29, 0.717) is 5.92 Å². The predicted molar refractivity (Wildman–Crippen MR) is 69.6 cm³/mol. The van der Waals surface area contributed by atoms with E-state index in [9.17, 15) is 0 Å². The van der Waals surface area contributed by atoms with Crippen molar-refractivity contribution < 1.29 is 0 Å². The fraction of sp³-hybridized carbons (Fsp3) is 0.462. The van der Waals surface area contributed by atoms with E-state index in [1.165, 1.54) is 37.9 Å². The molecule has 2 aromatic rings. The van der Waals surface area contributed by atoms with Crippen LogP contribution in [0.5, 0.6) is 0 Å². The van der Waals surface area contributed by atoms with Gasteiger partial charge >= 0.3 is 0 Å². The zero-order chi connectivity index (χ0) is 11.0. The molecule has 0 saturated heterocycles. The van der Waals surface area contributed by atoms with E-state index >= 15 is 0 Å². The summed E-state index contributed by atoms with van der Waals surface area (Å²) in [6.07, 6.45) is 6.68. The maximum atomic E-state index is 4.70. The Morgan fingerprint density at radius 1 is 1.19 bits per heavy atom. The van der Waals surface area contributed by atoms with Crippen LogP contribution in [0.3, 0.4) is 0 Å². The van der Waals surface area contributed by atoms with Gasteiger partial charge in [0, 0.05) is 10.4 Å². The van der Waals surface area contributed by atoms with E-state index in [1.54, 1.807) is 0 Å². The van der Waals surface area contributed by atoms with Crippen molar-refractivity contribution in [3.63, 3.8) is 0 Å². The van der Waals surface area contributed by atoms with Crippen LogP contribution in [0, 0.1) is 0 Å². The number of aromatic amines is 1. The van der Waals surface area contributed by atoms with Gasteiger partial charge in [-0.25, -0.2) is 4.98 Å². The predicted octanol–water partition coefficient (Wildman–Crippen LogP) is 4.37. The highest BCUT2D eigenvalue weighted by Gasteiger charge is 2.18. The summed E-state index contributed by atoms with van der Waals surface area (Å²) in [6.45, 7) is 0. The molecule has 3 rings (SSSR count). The Bertz CT molecular complexity index is 498. The molecule has 1 N–H and O–H groups in total. The van der Waals surface area contributed by atoms with Gasteiger partial charge in [0.15, 0.2) is 0 Å². The van der Waals surface area contributed by atoms with E-state index in [1.807, 2.05) is 6.07 Å². The standard InChI is InChI=1S/C13H15BrN2/c14-10-6-7-11-12(8-10)16-13(15-11)9-4-2-1-3-5-9/h6-9H,1-5H2,(H,15,16). The number of imidazole rings is 1. The molecule has 1 saturated carbocycles. The third-order valence-electron chi connectivity index (χ3n) is 3.45. The zero-order valence-corrected chi connectivity index (χ0v) is 10.8. The SMILES string of the molecule is Brc1ccc2nc(C3CCCCC3)[nH]c2c1. The Hall–Kier alpha value is -0.830. The topological polar surface area (TPSA) is 28.7 Å². The summed E-state index contributed by atoms with van der Waals surface area (Å²) in [5.41, 5.74) is 2.23. The van der Waals surface area contributed by atoms with E-state index in [2.05, 4.69) is 33.0 Å². The average Bonchev–Trinajstić information content (AvgIpc) is 2.73. The molecule has 84 valence electrons. The lowest BCUT2D eigenvalue weighted by Gasteiger charge is -2.18. The first-order chi connectivity index (χ1) is 7.83. The van der Waals surface area contributed by atoms with Crippen LogP contribution < -0.4 is 0 Å². The van der Waals surface area contributed by atoms with Crippen LogP contribution in [0.4, 0.5) is 0 Å². The number of aromatic nitrogens is 2. The molecule has 0 amide bonds. The van der Waals surface area contributed by atoms with Crippen molar-refractivity contribution in [3.05, 3.63) is 28.5 Å². The molecular formula is C13H15BrN2. The van der Waals surface area contributed by atoms with Gasteiger partial charge < -0.3 is 4.98 Å². The molecule has 2 nitrogen and oxygen atoms in total. The van der Waals surface area contributed by atoms with Crippen molar-refractivity contribution in [1.82, 2.24) is 9.97 Å². The van der Waals surface area contributed by atoms with E-state index in [4.69, 9.17) is 4.98 Å². The summed E-state index contributed by atoms with van der Waals surface area (Å²) >= 11 is 3.49. The van der Waals surface area contributed by atoms with Crippen LogP contribution in [0.1, 0.15) is 43.8 Å². The average molecular weight is 279 g/mol. The maximum absolute atomic E-state index is 4.70. The normalized spacial score (nSPS) is 18.1. The highest BCUT2D eigenvalue weighted by atomic mass is 79.9. The van der Waals surface area contributed by atoms with Crippen molar-refractivity contribution in [1.29, 1.82) is 0 Å². The zero-order valence-electron chi connectivity index (χ0n) is 9.17. The summed E-state index contributed by atoms with van der Waals surface area (Å²) < 4.78 is 1.11. The molecule has 0 unspecified atom stereocenters. The number of halogens is 1. The monoisotopic (exact) mass is 278 g/mol. The van der Waals surface area contributed by atoms with Crippen molar-refractivity contribution in [2.75, 3.05) is 0 Å². The molecule has 1 aromatic heterocycles. The summed E-state index contributed by atoms with van der Waals surface area (Å²) in [4.78, 5) is 8.17. The van der Waals surface area contributed by atoms with Crippen LogP contribution in [0.25, 0.3) is 11.0 Å². The maximum Gasteiger partial charge on any atom is 0.110 e. The minimum Gasteiger partial charge on any atom is -0.342 e. The number of hydrogen-bond donors (Lipinski definition) is 1. The molecule has 3 heteroatoms. The summed E-state index contributed by atoms with van der Waals surface area (Å²) in [6, 6.07) is 6.23. The van der Waals surface area contributed by atoms with E-state index < -0.39 is 0 Å². The van der Waals surface area contributed by atoms with Gasteiger partial charge in [-0.05, 0) is 31.0 Å². The van der Waals surface area contributed by atoms with Crippen LogP contribution in [0.2, 0.25) is 0 Å². The molecular weight excluding hydrogens is 264 g/mol. The van der Waals surface area contributed by atoms with Gasteiger partial charge in [0.2, 0.25) is 0 Å². The number of rotatable bonds is 1. The molecule has 0 aliphatic heterocycles. The molecule has 1 aliphatic carbocycles. The van der Waals surface area contributed by atoms with Gasteiger partial charge in [-0.3, -0.25) is 0 Å². The Morgan fingerprint density at radius 2 is 2.00 bits per heavy atom. The van der Waals surface area contributed by atoms with Gasteiger partial charge in [0.05, 0.1) is 11.0 Å². The number of H-pyrrole nitrogens is 1. The Morgan fingerprint density at radius 3 is 2.81 bits per heavy atom. The van der Waals surface area contributed by atoms with Gasteiger partial charge in [-0.2, -0.15) is 0 Å². The van der Waals surface area contributed by atoms with Crippen molar-refractivity contribution in [2.24, 2.45) is 0 Å². The van der Waals surface area contributed by atoms with Gasteiger partial charge in [0.1, 0.15) is 5.82 Å². The Labute approximate surface area is 104 Å². The number of nitrogens with one attached hydrogen (secondary N) is 1. The number of hydrogen-bond acceptors (Lipinski definition) is 1. The molecule has 1 aromatic carbocycles. The smallest absolute Gasteiger partial charge is 0.110 e. The van der Waals surface area contributed by atoms with Crippen LogP contribution in [-0.2, 0) is 0 Å². The minimum atomic E-state index is 0.653.